The number of unbranched alkanes of at least 4 members (excludes halogenated alkanes) is 1. The Kier molecular flexibility index (Phi) is 5.74. The summed E-state index contributed by atoms with van der Waals surface area (Å²) in [5, 5.41) is 19.1. The third kappa shape index (κ3) is 4.31. The van der Waals surface area contributed by atoms with Crippen LogP contribution in [0.5, 0.6) is 0 Å². The maximum atomic E-state index is 11.8. The standard InChI is InChI=1S/C19H22O4/c1-2-3-6-13-7-4-8-14(11-13)9-5-10-15-18(22)16(20)12-17(21)19(15)23/h4,7-8,11-12,20,23H,2-3,5-6,9-10H2,1H3. The van der Waals surface area contributed by atoms with Gasteiger partial charge in [0, 0.05) is 11.6 Å². The molecule has 0 unspecified atom stereocenters. The Hall–Kier alpha value is -2.36. The summed E-state index contributed by atoms with van der Waals surface area (Å²) in [6.07, 6.45) is 5.79. The van der Waals surface area contributed by atoms with E-state index in [4.69, 9.17) is 0 Å². The van der Waals surface area contributed by atoms with E-state index in [1.807, 2.05) is 12.1 Å². The smallest absolute Gasteiger partial charge is 0.227 e. The molecule has 0 aromatic heterocycles. The number of aliphatic hydroxyl groups is 2. The molecule has 0 atom stereocenters. The predicted molar refractivity (Wildman–Crippen MR) is 88.4 cm³/mol. The Morgan fingerprint density at radius 2 is 1.61 bits per heavy atom. The van der Waals surface area contributed by atoms with Crippen molar-refractivity contribution in [2.24, 2.45) is 0 Å². The van der Waals surface area contributed by atoms with Gasteiger partial charge in [-0.25, -0.2) is 0 Å². The number of hydrogen-bond acceptors (Lipinski definition) is 4. The molecule has 0 saturated heterocycles. The van der Waals surface area contributed by atoms with E-state index in [2.05, 4.69) is 19.1 Å². The van der Waals surface area contributed by atoms with E-state index >= 15 is 0 Å². The first-order valence-corrected chi connectivity index (χ1v) is 8.02. The van der Waals surface area contributed by atoms with Crippen LogP contribution >= 0.6 is 0 Å². The monoisotopic (exact) mass is 314 g/mol. The van der Waals surface area contributed by atoms with Gasteiger partial charge >= 0.3 is 0 Å². The van der Waals surface area contributed by atoms with Crippen LogP contribution in [0.3, 0.4) is 0 Å². The highest BCUT2D eigenvalue weighted by Crippen LogP contribution is 2.21. The summed E-state index contributed by atoms with van der Waals surface area (Å²) in [6.45, 7) is 2.16. The van der Waals surface area contributed by atoms with Gasteiger partial charge in [-0.3, -0.25) is 9.59 Å². The van der Waals surface area contributed by atoms with Crippen molar-refractivity contribution in [3.8, 4) is 0 Å². The zero-order valence-electron chi connectivity index (χ0n) is 13.3. The molecule has 122 valence electrons. The molecule has 1 aliphatic rings. The lowest BCUT2D eigenvalue weighted by Crippen LogP contribution is -2.19. The van der Waals surface area contributed by atoms with Crippen molar-refractivity contribution >= 4 is 11.6 Å². The Labute approximate surface area is 136 Å². The summed E-state index contributed by atoms with van der Waals surface area (Å²) in [7, 11) is 0. The van der Waals surface area contributed by atoms with Gasteiger partial charge in [0.25, 0.3) is 0 Å². The number of benzene rings is 1. The average Bonchev–Trinajstić information content (AvgIpc) is 2.54. The molecule has 1 aromatic rings. The van der Waals surface area contributed by atoms with Gasteiger partial charge in [-0.05, 0) is 43.2 Å². The van der Waals surface area contributed by atoms with E-state index in [0.717, 1.165) is 31.8 Å². The number of aryl methyl sites for hydroxylation is 2. The molecule has 2 N–H and O–H groups in total. The molecule has 0 fully saturated rings. The number of allylic oxidation sites excluding steroid dienone is 2. The van der Waals surface area contributed by atoms with Gasteiger partial charge in [-0.2, -0.15) is 0 Å². The molecule has 0 radical (unpaired) electrons. The second kappa shape index (κ2) is 7.77. The maximum Gasteiger partial charge on any atom is 0.227 e. The fourth-order valence-corrected chi connectivity index (χ4v) is 2.69. The van der Waals surface area contributed by atoms with Crippen LogP contribution in [-0.2, 0) is 22.4 Å². The van der Waals surface area contributed by atoms with Crippen LogP contribution in [0.15, 0.2) is 47.4 Å². The quantitative estimate of drug-likeness (QED) is 0.752. The number of ketones is 2. The number of hydrogen-bond donors (Lipinski definition) is 2. The number of aliphatic hydroxyl groups excluding tert-OH is 2. The van der Waals surface area contributed by atoms with Crippen molar-refractivity contribution in [1.29, 1.82) is 0 Å². The van der Waals surface area contributed by atoms with Gasteiger partial charge in [0.1, 0.15) is 0 Å². The van der Waals surface area contributed by atoms with E-state index in [-0.39, 0.29) is 12.0 Å². The van der Waals surface area contributed by atoms with Crippen LogP contribution < -0.4 is 0 Å². The Morgan fingerprint density at radius 1 is 0.957 bits per heavy atom. The molecular formula is C19H22O4. The minimum absolute atomic E-state index is 0.0112. The highest BCUT2D eigenvalue weighted by molar-refractivity contribution is 6.20. The minimum atomic E-state index is -0.710. The number of rotatable bonds is 7. The van der Waals surface area contributed by atoms with E-state index in [9.17, 15) is 19.8 Å². The van der Waals surface area contributed by atoms with E-state index in [1.54, 1.807) is 0 Å². The van der Waals surface area contributed by atoms with Crippen LogP contribution in [0.2, 0.25) is 0 Å². The topological polar surface area (TPSA) is 74.6 Å². The number of carbonyl (C=O) groups is 2. The van der Waals surface area contributed by atoms with Gasteiger partial charge in [0.05, 0.1) is 0 Å². The summed E-state index contributed by atoms with van der Waals surface area (Å²) in [4.78, 5) is 23.2. The lowest BCUT2D eigenvalue weighted by Gasteiger charge is -2.12. The first-order valence-electron chi connectivity index (χ1n) is 8.02. The predicted octanol–water partition coefficient (Wildman–Crippen LogP) is 3.76. The molecule has 0 amide bonds. The molecule has 1 aliphatic carbocycles. The van der Waals surface area contributed by atoms with Crippen molar-refractivity contribution in [1.82, 2.24) is 0 Å². The zero-order chi connectivity index (χ0) is 16.8. The average molecular weight is 314 g/mol. The molecule has 4 nitrogen and oxygen atoms in total. The van der Waals surface area contributed by atoms with Crippen LogP contribution in [0.1, 0.15) is 43.7 Å². The molecule has 0 bridgehead atoms. The third-order valence-electron chi connectivity index (χ3n) is 4.00. The maximum absolute atomic E-state index is 11.8. The summed E-state index contributed by atoms with van der Waals surface area (Å²) >= 11 is 0. The van der Waals surface area contributed by atoms with E-state index in [0.29, 0.717) is 6.42 Å². The van der Waals surface area contributed by atoms with Gasteiger partial charge in [-0.1, -0.05) is 37.6 Å². The second-order valence-corrected chi connectivity index (χ2v) is 5.83. The molecule has 0 heterocycles. The molecule has 2 rings (SSSR count). The normalized spacial score (nSPS) is 15.1. The van der Waals surface area contributed by atoms with Crippen molar-refractivity contribution in [2.45, 2.75) is 45.4 Å². The van der Waals surface area contributed by atoms with Gasteiger partial charge in [-0.15, -0.1) is 0 Å². The third-order valence-corrected chi connectivity index (χ3v) is 4.00. The van der Waals surface area contributed by atoms with E-state index < -0.39 is 23.1 Å². The highest BCUT2D eigenvalue weighted by atomic mass is 16.3. The lowest BCUT2D eigenvalue weighted by atomic mass is 9.94. The van der Waals surface area contributed by atoms with Crippen LogP contribution in [0.25, 0.3) is 0 Å². The number of Topliss-reactive ketones (excluding diaryl/α,β-unsaturated/α-hetero) is 1. The summed E-state index contributed by atoms with van der Waals surface area (Å²) in [5.74, 6) is -2.49. The second-order valence-electron chi connectivity index (χ2n) is 5.83. The Bertz CT molecular complexity index is 668. The van der Waals surface area contributed by atoms with Crippen molar-refractivity contribution < 1.29 is 19.8 Å². The number of carbonyl (C=O) groups excluding carboxylic acids is 2. The SMILES string of the molecule is CCCCc1cccc(CCCC2=C(O)C(=O)C=C(O)C2=O)c1. The summed E-state index contributed by atoms with van der Waals surface area (Å²) in [6, 6.07) is 8.34. The molecular weight excluding hydrogens is 292 g/mol. The van der Waals surface area contributed by atoms with Crippen molar-refractivity contribution in [2.75, 3.05) is 0 Å². The Balaban J connectivity index is 1.96. The summed E-state index contributed by atoms with van der Waals surface area (Å²) in [5.41, 5.74) is 2.49. The van der Waals surface area contributed by atoms with Crippen LogP contribution in [0.4, 0.5) is 0 Å². The molecule has 0 saturated carbocycles. The summed E-state index contributed by atoms with van der Waals surface area (Å²) < 4.78 is 0. The molecule has 4 heteroatoms. The zero-order valence-corrected chi connectivity index (χ0v) is 13.3. The first-order chi connectivity index (χ1) is 11.0. The van der Waals surface area contributed by atoms with Gasteiger partial charge in [0.15, 0.2) is 11.5 Å². The van der Waals surface area contributed by atoms with Crippen LogP contribution in [0, 0.1) is 0 Å². The van der Waals surface area contributed by atoms with E-state index in [1.165, 1.54) is 11.1 Å². The molecule has 1 aromatic carbocycles. The fourth-order valence-electron chi connectivity index (χ4n) is 2.69. The highest BCUT2D eigenvalue weighted by Gasteiger charge is 2.27. The van der Waals surface area contributed by atoms with Crippen molar-refractivity contribution in [3.05, 3.63) is 58.6 Å². The van der Waals surface area contributed by atoms with Gasteiger partial charge in [0.2, 0.25) is 11.6 Å². The molecule has 0 aliphatic heterocycles. The first kappa shape index (κ1) is 17.0. The molecule has 0 spiro atoms. The fraction of sp³-hybridized carbons (Fsp3) is 0.368. The Morgan fingerprint density at radius 3 is 2.26 bits per heavy atom. The van der Waals surface area contributed by atoms with Crippen molar-refractivity contribution in [3.63, 3.8) is 0 Å². The van der Waals surface area contributed by atoms with Gasteiger partial charge < -0.3 is 10.2 Å². The molecule has 23 heavy (non-hydrogen) atoms. The largest absolute Gasteiger partial charge is 0.504 e. The lowest BCUT2D eigenvalue weighted by molar-refractivity contribution is -0.119. The minimum Gasteiger partial charge on any atom is -0.504 e. The van der Waals surface area contributed by atoms with Crippen LogP contribution in [-0.4, -0.2) is 21.8 Å².